The molecule has 0 aliphatic carbocycles. The van der Waals surface area contributed by atoms with Gasteiger partial charge in [0, 0.05) is 36.3 Å². The summed E-state index contributed by atoms with van der Waals surface area (Å²) >= 11 is 0. The van der Waals surface area contributed by atoms with Gasteiger partial charge in [0.2, 0.25) is 5.89 Å². The molecule has 1 aromatic heterocycles. The van der Waals surface area contributed by atoms with Crippen LogP contribution in [0.25, 0.3) is 22.8 Å². The number of rotatable bonds is 8. The maximum absolute atomic E-state index is 12.8. The number of carbonyl (C=O) groups excluding carboxylic acids is 1. The predicted molar refractivity (Wildman–Crippen MR) is 117 cm³/mol. The molecule has 0 fully saturated rings. The Hall–Kier alpha value is -2.92. The van der Waals surface area contributed by atoms with Crippen LogP contribution in [0.4, 0.5) is 0 Å². The Morgan fingerprint density at radius 1 is 1.00 bits per heavy atom. The molecular weight excluding hydrogens is 362 g/mol. The summed E-state index contributed by atoms with van der Waals surface area (Å²) < 4.78 is 5.95. The first kappa shape index (κ1) is 20.8. The molecule has 1 amide bonds. The van der Waals surface area contributed by atoms with Crippen LogP contribution in [0.5, 0.6) is 0 Å². The molecule has 5 nitrogen and oxygen atoms in total. The van der Waals surface area contributed by atoms with Crippen molar-refractivity contribution in [1.29, 1.82) is 0 Å². The molecule has 29 heavy (non-hydrogen) atoms. The number of benzene rings is 2. The summed E-state index contributed by atoms with van der Waals surface area (Å²) in [7, 11) is 0. The molecule has 0 spiro atoms. The Labute approximate surface area is 172 Å². The summed E-state index contributed by atoms with van der Waals surface area (Å²) in [6.45, 7) is 10.1. The van der Waals surface area contributed by atoms with Gasteiger partial charge in [-0.3, -0.25) is 9.69 Å². The highest BCUT2D eigenvalue weighted by Crippen LogP contribution is 2.28. The van der Waals surface area contributed by atoms with Crippen LogP contribution in [0.2, 0.25) is 0 Å². The van der Waals surface area contributed by atoms with Crippen LogP contribution < -0.4 is 5.32 Å². The Morgan fingerprint density at radius 2 is 1.66 bits per heavy atom. The molecule has 0 aliphatic heterocycles. The summed E-state index contributed by atoms with van der Waals surface area (Å²) in [5, 5.41) is 3.04. The van der Waals surface area contributed by atoms with Crippen molar-refractivity contribution in [1.82, 2.24) is 15.2 Å². The largest absolute Gasteiger partial charge is 0.436 e. The van der Waals surface area contributed by atoms with Crippen molar-refractivity contribution in [2.45, 2.75) is 39.8 Å². The third kappa shape index (κ3) is 5.12. The van der Waals surface area contributed by atoms with Gasteiger partial charge in [0.15, 0.2) is 5.76 Å². The van der Waals surface area contributed by atoms with Crippen molar-refractivity contribution in [2.24, 2.45) is 0 Å². The van der Waals surface area contributed by atoms with E-state index >= 15 is 0 Å². The number of hydrogen-bond acceptors (Lipinski definition) is 4. The third-order valence-electron chi connectivity index (χ3n) is 4.95. The van der Waals surface area contributed by atoms with E-state index in [1.807, 2.05) is 48.5 Å². The van der Waals surface area contributed by atoms with E-state index in [-0.39, 0.29) is 5.91 Å². The number of amides is 1. The Kier molecular flexibility index (Phi) is 6.83. The molecule has 1 N–H and O–H groups in total. The van der Waals surface area contributed by atoms with Gasteiger partial charge >= 0.3 is 0 Å². The van der Waals surface area contributed by atoms with Crippen molar-refractivity contribution in [3.8, 4) is 22.8 Å². The minimum absolute atomic E-state index is 0.118. The molecule has 0 saturated heterocycles. The molecule has 3 aromatic rings. The molecule has 0 radical (unpaired) electrons. The Bertz CT molecular complexity index is 924. The minimum Gasteiger partial charge on any atom is -0.436 e. The molecule has 0 aliphatic rings. The number of oxazole rings is 1. The number of nitrogens with zero attached hydrogens (tertiary/aromatic N) is 2. The van der Waals surface area contributed by atoms with E-state index in [9.17, 15) is 4.79 Å². The van der Waals surface area contributed by atoms with Crippen molar-refractivity contribution < 1.29 is 9.21 Å². The van der Waals surface area contributed by atoms with E-state index in [2.05, 4.69) is 42.9 Å². The van der Waals surface area contributed by atoms with E-state index in [1.54, 1.807) is 12.3 Å². The Morgan fingerprint density at radius 3 is 2.34 bits per heavy atom. The molecule has 2 aromatic carbocycles. The summed E-state index contributed by atoms with van der Waals surface area (Å²) in [4.78, 5) is 19.6. The van der Waals surface area contributed by atoms with Gasteiger partial charge in [-0.2, -0.15) is 0 Å². The first-order chi connectivity index (χ1) is 14.0. The molecular formula is C24H29N3O2. The highest BCUT2D eigenvalue weighted by atomic mass is 16.4. The highest BCUT2D eigenvalue weighted by Gasteiger charge is 2.18. The van der Waals surface area contributed by atoms with E-state index in [4.69, 9.17) is 4.42 Å². The minimum atomic E-state index is -0.118. The van der Waals surface area contributed by atoms with Crippen LogP contribution >= 0.6 is 0 Å². The number of aromatic nitrogens is 1. The van der Waals surface area contributed by atoms with Gasteiger partial charge in [0.05, 0.1) is 11.8 Å². The smallest absolute Gasteiger partial charge is 0.252 e. The van der Waals surface area contributed by atoms with Crippen LogP contribution in [0.15, 0.2) is 65.2 Å². The highest BCUT2D eigenvalue weighted by molar-refractivity contribution is 6.00. The summed E-state index contributed by atoms with van der Waals surface area (Å²) in [6.07, 6.45) is 1.70. The fourth-order valence-corrected chi connectivity index (χ4v) is 3.51. The van der Waals surface area contributed by atoms with Crippen LogP contribution in [0.3, 0.4) is 0 Å². The van der Waals surface area contributed by atoms with Gasteiger partial charge in [0.25, 0.3) is 5.91 Å². The lowest BCUT2D eigenvalue weighted by molar-refractivity contribution is 0.0940. The molecule has 3 rings (SSSR count). The molecule has 152 valence electrons. The van der Waals surface area contributed by atoms with E-state index in [1.165, 1.54) is 0 Å². The van der Waals surface area contributed by atoms with Crippen LogP contribution in [0.1, 0.15) is 38.1 Å². The lowest BCUT2D eigenvalue weighted by Gasteiger charge is -2.30. The van der Waals surface area contributed by atoms with Gasteiger partial charge in [-0.15, -0.1) is 0 Å². The molecule has 0 saturated carbocycles. The normalized spacial score (nSPS) is 11.4. The summed E-state index contributed by atoms with van der Waals surface area (Å²) in [6, 6.07) is 18.1. The van der Waals surface area contributed by atoms with Crippen LogP contribution in [-0.2, 0) is 0 Å². The monoisotopic (exact) mass is 391 g/mol. The topological polar surface area (TPSA) is 58.4 Å². The fourth-order valence-electron chi connectivity index (χ4n) is 3.51. The van der Waals surface area contributed by atoms with Gasteiger partial charge in [-0.05, 0) is 39.8 Å². The average molecular weight is 392 g/mol. The van der Waals surface area contributed by atoms with Crippen LogP contribution in [0, 0.1) is 0 Å². The summed E-state index contributed by atoms with van der Waals surface area (Å²) in [5.74, 6) is 1.01. The van der Waals surface area contributed by atoms with E-state index < -0.39 is 0 Å². The second kappa shape index (κ2) is 9.52. The number of nitrogens with one attached hydrogen (secondary N) is 1. The molecule has 0 bridgehead atoms. The maximum Gasteiger partial charge on any atom is 0.252 e. The SMILES string of the molecule is CC(C)N(CCNC(=O)c1ccccc1-c1ncc(-c2ccccc2)o1)C(C)C. The lowest BCUT2D eigenvalue weighted by Crippen LogP contribution is -2.42. The van der Waals surface area contributed by atoms with Crippen molar-refractivity contribution in [2.75, 3.05) is 13.1 Å². The fraction of sp³-hybridized carbons (Fsp3) is 0.333. The first-order valence-electron chi connectivity index (χ1n) is 10.1. The average Bonchev–Trinajstić information content (AvgIpc) is 3.21. The molecule has 1 heterocycles. The first-order valence-corrected chi connectivity index (χ1v) is 10.1. The number of carbonyl (C=O) groups is 1. The third-order valence-corrected chi connectivity index (χ3v) is 4.95. The molecule has 0 unspecified atom stereocenters. The second-order valence-corrected chi connectivity index (χ2v) is 7.62. The zero-order valence-electron chi connectivity index (χ0n) is 17.6. The van der Waals surface area contributed by atoms with E-state index in [0.29, 0.717) is 41.4 Å². The molecule has 5 heteroatoms. The molecule has 0 atom stereocenters. The number of hydrogen-bond donors (Lipinski definition) is 1. The second-order valence-electron chi connectivity index (χ2n) is 7.62. The zero-order chi connectivity index (χ0) is 20.8. The zero-order valence-corrected chi connectivity index (χ0v) is 17.6. The van der Waals surface area contributed by atoms with Gasteiger partial charge < -0.3 is 9.73 Å². The Balaban J connectivity index is 1.74. The quantitative estimate of drug-likeness (QED) is 0.596. The predicted octanol–water partition coefficient (Wildman–Crippen LogP) is 4.86. The summed E-state index contributed by atoms with van der Waals surface area (Å²) in [5.41, 5.74) is 2.21. The van der Waals surface area contributed by atoms with E-state index in [0.717, 1.165) is 12.1 Å². The lowest BCUT2D eigenvalue weighted by atomic mass is 10.1. The standard InChI is InChI=1S/C24H29N3O2/c1-17(2)27(18(3)4)15-14-25-23(28)20-12-8-9-13-21(20)24-26-16-22(29-24)19-10-6-5-7-11-19/h5-13,16-18H,14-15H2,1-4H3,(H,25,28). The maximum atomic E-state index is 12.8. The van der Waals surface area contributed by atoms with Gasteiger partial charge in [-0.1, -0.05) is 42.5 Å². The van der Waals surface area contributed by atoms with Crippen LogP contribution in [-0.4, -0.2) is 41.0 Å². The van der Waals surface area contributed by atoms with Gasteiger partial charge in [-0.25, -0.2) is 4.98 Å². The van der Waals surface area contributed by atoms with Crippen molar-refractivity contribution >= 4 is 5.91 Å². The van der Waals surface area contributed by atoms with Crippen molar-refractivity contribution in [3.63, 3.8) is 0 Å². The van der Waals surface area contributed by atoms with Gasteiger partial charge in [0.1, 0.15) is 0 Å². The van der Waals surface area contributed by atoms with Crippen molar-refractivity contribution in [3.05, 3.63) is 66.4 Å².